The lowest BCUT2D eigenvalue weighted by Gasteiger charge is -2.14. The Labute approximate surface area is 202 Å². The van der Waals surface area contributed by atoms with Crippen molar-refractivity contribution in [2.45, 2.75) is 42.8 Å². The molecule has 8 nitrogen and oxygen atoms in total. The summed E-state index contributed by atoms with van der Waals surface area (Å²) in [7, 11) is 3.20. The highest BCUT2D eigenvalue weighted by Crippen LogP contribution is 2.42. The molecular formula is C25H27N5O3S. The van der Waals surface area contributed by atoms with Crippen molar-refractivity contribution in [3.63, 3.8) is 0 Å². The van der Waals surface area contributed by atoms with Gasteiger partial charge in [-0.15, -0.1) is 10.2 Å². The maximum absolute atomic E-state index is 12.9. The van der Waals surface area contributed by atoms with E-state index in [1.165, 1.54) is 11.8 Å². The number of methoxy groups -OCH3 is 2. The molecule has 5 rings (SSSR count). The average molecular weight is 478 g/mol. The Bertz CT molecular complexity index is 1330. The molecule has 1 saturated carbocycles. The molecule has 1 fully saturated rings. The van der Waals surface area contributed by atoms with Crippen LogP contribution in [0.4, 0.5) is 0 Å². The molecule has 2 heterocycles. The van der Waals surface area contributed by atoms with Crippen LogP contribution in [0, 0.1) is 0 Å². The smallest absolute Gasteiger partial charge is 0.233 e. The number of hydrogen-bond donors (Lipinski definition) is 2. The van der Waals surface area contributed by atoms with Crippen molar-refractivity contribution in [1.29, 1.82) is 0 Å². The van der Waals surface area contributed by atoms with E-state index in [0.29, 0.717) is 24.1 Å². The molecule has 2 aromatic carbocycles. The van der Waals surface area contributed by atoms with Crippen LogP contribution in [0.2, 0.25) is 0 Å². The van der Waals surface area contributed by atoms with Gasteiger partial charge in [0.1, 0.15) is 0 Å². The van der Waals surface area contributed by atoms with Crippen molar-refractivity contribution in [3.05, 3.63) is 54.2 Å². The summed E-state index contributed by atoms with van der Waals surface area (Å²) in [5.41, 5.74) is 3.04. The number of nitrogens with zero attached hydrogens (tertiary/aromatic N) is 3. The van der Waals surface area contributed by atoms with E-state index in [-0.39, 0.29) is 11.2 Å². The van der Waals surface area contributed by atoms with Crippen molar-refractivity contribution >= 4 is 28.6 Å². The average Bonchev–Trinajstić information content (AvgIpc) is 3.48. The highest BCUT2D eigenvalue weighted by Gasteiger charge is 2.32. The molecular weight excluding hydrogens is 450 g/mol. The van der Waals surface area contributed by atoms with E-state index in [1.54, 1.807) is 14.2 Å². The molecule has 0 spiro atoms. The maximum Gasteiger partial charge on any atom is 0.233 e. The van der Waals surface area contributed by atoms with Gasteiger partial charge in [0.05, 0.1) is 19.5 Å². The first-order chi connectivity index (χ1) is 16.6. The predicted octanol–water partition coefficient (Wildman–Crippen LogP) is 4.58. The molecule has 34 heavy (non-hydrogen) atoms. The molecule has 176 valence electrons. The summed E-state index contributed by atoms with van der Waals surface area (Å²) in [6.07, 6.45) is 4.18. The summed E-state index contributed by atoms with van der Waals surface area (Å²) in [6.45, 7) is 2.30. The monoisotopic (exact) mass is 477 g/mol. The first kappa shape index (κ1) is 22.3. The molecule has 0 radical (unpaired) electrons. The van der Waals surface area contributed by atoms with Gasteiger partial charge in [-0.05, 0) is 43.5 Å². The Morgan fingerprint density at radius 2 is 1.97 bits per heavy atom. The van der Waals surface area contributed by atoms with Gasteiger partial charge in [0, 0.05) is 35.2 Å². The number of H-pyrrole nitrogens is 1. The summed E-state index contributed by atoms with van der Waals surface area (Å²) in [5.74, 6) is 2.09. The zero-order valence-corrected chi connectivity index (χ0v) is 20.2. The van der Waals surface area contributed by atoms with Gasteiger partial charge in [-0.25, -0.2) is 0 Å². The van der Waals surface area contributed by atoms with Crippen LogP contribution >= 0.6 is 11.8 Å². The predicted molar refractivity (Wildman–Crippen MR) is 132 cm³/mol. The third-order valence-corrected chi connectivity index (χ3v) is 7.03. The van der Waals surface area contributed by atoms with Gasteiger partial charge in [-0.3, -0.25) is 9.36 Å². The molecule has 9 heteroatoms. The van der Waals surface area contributed by atoms with Gasteiger partial charge in [0.25, 0.3) is 0 Å². The van der Waals surface area contributed by atoms with Gasteiger partial charge >= 0.3 is 0 Å². The number of aromatic amines is 1. The molecule has 4 aromatic rings. The number of aromatic nitrogens is 4. The Balaban J connectivity index is 1.30. The number of carbonyl (C=O) groups excluding carboxylic acids is 1. The molecule has 0 bridgehead atoms. The van der Waals surface area contributed by atoms with Crippen molar-refractivity contribution in [2.75, 3.05) is 14.2 Å². The molecule has 1 atom stereocenters. The molecule has 2 N–H and O–H groups in total. The number of para-hydroxylation sites is 1. The van der Waals surface area contributed by atoms with Crippen LogP contribution in [0.15, 0.2) is 53.8 Å². The lowest BCUT2D eigenvalue weighted by atomic mass is 10.1. The van der Waals surface area contributed by atoms with Crippen LogP contribution in [0.5, 0.6) is 11.5 Å². The molecule has 2 aromatic heterocycles. The van der Waals surface area contributed by atoms with Crippen LogP contribution in [-0.2, 0) is 11.3 Å². The molecule has 0 saturated heterocycles. The van der Waals surface area contributed by atoms with E-state index in [0.717, 1.165) is 45.9 Å². The van der Waals surface area contributed by atoms with Crippen molar-refractivity contribution in [1.82, 2.24) is 25.1 Å². The summed E-state index contributed by atoms with van der Waals surface area (Å²) >= 11 is 1.44. The highest BCUT2D eigenvalue weighted by molar-refractivity contribution is 8.00. The van der Waals surface area contributed by atoms with Crippen molar-refractivity contribution in [3.8, 4) is 22.9 Å². The van der Waals surface area contributed by atoms with Crippen LogP contribution < -0.4 is 14.8 Å². The third-order valence-electron chi connectivity index (χ3n) is 5.97. The first-order valence-electron chi connectivity index (χ1n) is 11.3. The summed E-state index contributed by atoms with van der Waals surface area (Å²) in [4.78, 5) is 16.2. The van der Waals surface area contributed by atoms with Gasteiger partial charge in [0.15, 0.2) is 22.5 Å². The standard InChI is InChI=1S/C25H27N5O3S/c1-15(24(31)27-13-16-8-11-21(32-2)22(12-16)33-3)34-25-29-28-23(30(25)17-9-10-17)19-14-26-20-7-5-4-6-18(19)20/h4-8,11-12,14-15,17,26H,9-10,13H2,1-3H3,(H,27,31)/t15-/m1/s1. The van der Waals surface area contributed by atoms with Gasteiger partial charge in [-0.1, -0.05) is 36.0 Å². The quantitative estimate of drug-likeness (QED) is 0.343. The SMILES string of the molecule is COc1ccc(CNC(=O)[C@@H](C)Sc2nnc(-c3c[nH]c4ccccc34)n2C2CC2)cc1OC. The number of amides is 1. The van der Waals surface area contributed by atoms with E-state index in [2.05, 4.69) is 37.2 Å². The number of hydrogen-bond acceptors (Lipinski definition) is 6. The number of thioether (sulfide) groups is 1. The van der Waals surface area contributed by atoms with Crippen LogP contribution in [0.1, 0.15) is 31.4 Å². The molecule has 0 unspecified atom stereocenters. The maximum atomic E-state index is 12.9. The second-order valence-corrected chi connectivity index (χ2v) is 9.63. The summed E-state index contributed by atoms with van der Waals surface area (Å²) in [5, 5.41) is 13.6. The number of ether oxygens (including phenoxy) is 2. The normalized spacial score (nSPS) is 14.2. The van der Waals surface area contributed by atoms with E-state index < -0.39 is 0 Å². The zero-order valence-electron chi connectivity index (χ0n) is 19.4. The Hall–Kier alpha value is -3.46. The largest absolute Gasteiger partial charge is 0.493 e. The number of carbonyl (C=O) groups is 1. The minimum Gasteiger partial charge on any atom is -0.493 e. The third kappa shape index (κ3) is 4.35. The number of rotatable bonds is 9. The Morgan fingerprint density at radius 3 is 2.74 bits per heavy atom. The van der Waals surface area contributed by atoms with Crippen LogP contribution in [0.25, 0.3) is 22.3 Å². The van der Waals surface area contributed by atoms with Crippen LogP contribution in [-0.4, -0.2) is 45.1 Å². The second kappa shape index (κ2) is 9.42. The van der Waals surface area contributed by atoms with Crippen molar-refractivity contribution in [2.24, 2.45) is 0 Å². The topological polar surface area (TPSA) is 94.1 Å². The molecule has 1 aliphatic carbocycles. The van der Waals surface area contributed by atoms with Crippen molar-refractivity contribution < 1.29 is 14.3 Å². The molecule has 1 amide bonds. The highest BCUT2D eigenvalue weighted by atomic mass is 32.2. The zero-order chi connectivity index (χ0) is 23.7. The summed E-state index contributed by atoms with van der Waals surface area (Å²) in [6, 6.07) is 14.2. The van der Waals surface area contributed by atoms with Gasteiger partial charge < -0.3 is 19.8 Å². The number of nitrogens with one attached hydrogen (secondary N) is 2. The fraction of sp³-hybridized carbons (Fsp3) is 0.320. The van der Waals surface area contributed by atoms with E-state index in [4.69, 9.17) is 9.47 Å². The van der Waals surface area contributed by atoms with E-state index in [9.17, 15) is 4.79 Å². The second-order valence-electron chi connectivity index (χ2n) is 8.32. The Morgan fingerprint density at radius 1 is 1.18 bits per heavy atom. The Kier molecular flexibility index (Phi) is 6.19. The minimum absolute atomic E-state index is 0.0567. The summed E-state index contributed by atoms with van der Waals surface area (Å²) < 4.78 is 12.8. The minimum atomic E-state index is -0.322. The van der Waals surface area contributed by atoms with Gasteiger partial charge in [0.2, 0.25) is 5.91 Å². The number of fused-ring (bicyclic) bond motifs is 1. The lowest BCUT2D eigenvalue weighted by molar-refractivity contribution is -0.120. The number of benzene rings is 2. The molecule has 0 aliphatic heterocycles. The fourth-order valence-corrected chi connectivity index (χ4v) is 4.94. The lowest BCUT2D eigenvalue weighted by Crippen LogP contribution is -2.30. The van der Waals surface area contributed by atoms with E-state index >= 15 is 0 Å². The van der Waals surface area contributed by atoms with Gasteiger partial charge in [-0.2, -0.15) is 0 Å². The first-order valence-corrected chi connectivity index (χ1v) is 12.1. The van der Waals surface area contributed by atoms with E-state index in [1.807, 2.05) is 43.5 Å². The molecule has 1 aliphatic rings. The fourth-order valence-electron chi connectivity index (χ4n) is 3.99. The van der Waals surface area contributed by atoms with Crippen LogP contribution in [0.3, 0.4) is 0 Å².